The van der Waals surface area contributed by atoms with Crippen molar-refractivity contribution in [3.05, 3.63) is 35.7 Å². The number of H-pyrrole nitrogens is 1. The first-order chi connectivity index (χ1) is 11.7. The summed E-state index contributed by atoms with van der Waals surface area (Å²) in [4.78, 5) is 19.3. The highest BCUT2D eigenvalue weighted by atomic mass is 16.1. The van der Waals surface area contributed by atoms with E-state index in [4.69, 9.17) is 0 Å². The van der Waals surface area contributed by atoms with Gasteiger partial charge in [-0.3, -0.25) is 9.89 Å². The number of nitrogens with one attached hydrogen (secondary N) is 2. The van der Waals surface area contributed by atoms with Crippen molar-refractivity contribution in [1.29, 1.82) is 0 Å². The maximum absolute atomic E-state index is 12.5. The van der Waals surface area contributed by atoms with Crippen molar-refractivity contribution in [1.82, 2.24) is 15.2 Å². The molecule has 6 heteroatoms. The third-order valence-corrected chi connectivity index (χ3v) is 4.96. The van der Waals surface area contributed by atoms with E-state index in [9.17, 15) is 4.79 Å². The van der Waals surface area contributed by atoms with E-state index in [0.29, 0.717) is 23.3 Å². The number of rotatable bonds is 4. The molecule has 3 heterocycles. The van der Waals surface area contributed by atoms with Gasteiger partial charge in [-0.05, 0) is 51.2 Å². The summed E-state index contributed by atoms with van der Waals surface area (Å²) in [6.45, 7) is 3.22. The predicted octanol–water partition coefficient (Wildman–Crippen LogP) is 3.31. The van der Waals surface area contributed by atoms with Crippen molar-refractivity contribution in [3.63, 3.8) is 0 Å². The second-order valence-electron chi connectivity index (χ2n) is 6.88. The number of aromatic amines is 1. The van der Waals surface area contributed by atoms with Gasteiger partial charge < -0.3 is 10.2 Å². The number of carbonyl (C=O) groups excluding carboxylic acids is 1. The summed E-state index contributed by atoms with van der Waals surface area (Å²) < 4.78 is 0. The van der Waals surface area contributed by atoms with E-state index < -0.39 is 0 Å². The quantitative estimate of drug-likeness (QED) is 0.904. The number of nitrogens with zero attached hydrogens (tertiary/aromatic N) is 3. The Bertz CT molecular complexity index is 737. The Balaban J connectivity index is 1.48. The van der Waals surface area contributed by atoms with E-state index in [2.05, 4.69) is 32.3 Å². The van der Waals surface area contributed by atoms with Crippen molar-refractivity contribution in [2.45, 2.75) is 51.0 Å². The van der Waals surface area contributed by atoms with Gasteiger partial charge in [-0.15, -0.1) is 0 Å². The molecule has 126 valence electrons. The van der Waals surface area contributed by atoms with Gasteiger partial charge in [-0.25, -0.2) is 4.98 Å². The van der Waals surface area contributed by atoms with Gasteiger partial charge in [0.2, 0.25) is 0 Å². The van der Waals surface area contributed by atoms with E-state index in [1.807, 2.05) is 12.1 Å². The first kappa shape index (κ1) is 15.2. The van der Waals surface area contributed by atoms with Gasteiger partial charge in [0.1, 0.15) is 5.82 Å². The van der Waals surface area contributed by atoms with Crippen LogP contribution in [0.3, 0.4) is 0 Å². The van der Waals surface area contributed by atoms with Crippen LogP contribution in [0.2, 0.25) is 0 Å². The highest BCUT2D eigenvalue weighted by Crippen LogP contribution is 2.39. The summed E-state index contributed by atoms with van der Waals surface area (Å²) in [7, 11) is 0. The number of anilines is 2. The molecule has 1 atom stereocenters. The summed E-state index contributed by atoms with van der Waals surface area (Å²) in [6.07, 6.45) is 7.75. The number of pyridine rings is 1. The van der Waals surface area contributed by atoms with Crippen molar-refractivity contribution >= 4 is 17.5 Å². The average molecular weight is 325 g/mol. The molecule has 0 spiro atoms. The van der Waals surface area contributed by atoms with Gasteiger partial charge in [0, 0.05) is 42.0 Å². The first-order valence-electron chi connectivity index (χ1n) is 8.80. The van der Waals surface area contributed by atoms with Crippen molar-refractivity contribution in [3.8, 4) is 0 Å². The molecule has 0 radical (unpaired) electrons. The van der Waals surface area contributed by atoms with Crippen molar-refractivity contribution in [2.24, 2.45) is 0 Å². The van der Waals surface area contributed by atoms with Crippen LogP contribution in [-0.4, -0.2) is 33.7 Å². The fourth-order valence-corrected chi connectivity index (χ4v) is 3.35. The Morgan fingerprint density at radius 1 is 1.29 bits per heavy atom. The maximum Gasteiger partial charge on any atom is 0.257 e. The van der Waals surface area contributed by atoms with E-state index in [1.54, 1.807) is 12.3 Å². The second kappa shape index (κ2) is 6.26. The molecule has 1 aliphatic heterocycles. The molecule has 2 N–H and O–H groups in total. The molecule has 24 heavy (non-hydrogen) atoms. The van der Waals surface area contributed by atoms with Crippen LogP contribution < -0.4 is 10.2 Å². The molecular formula is C18H23N5O. The lowest BCUT2D eigenvalue weighted by Gasteiger charge is -2.34. The number of carbonyl (C=O) groups is 1. The van der Waals surface area contributed by atoms with Gasteiger partial charge in [-0.2, -0.15) is 5.10 Å². The third kappa shape index (κ3) is 3.13. The molecule has 0 aromatic carbocycles. The number of hydrogen-bond donors (Lipinski definition) is 2. The number of hydrogen-bond acceptors (Lipinski definition) is 4. The van der Waals surface area contributed by atoms with Gasteiger partial charge in [-0.1, -0.05) is 0 Å². The highest BCUT2D eigenvalue weighted by Gasteiger charge is 2.26. The molecular weight excluding hydrogens is 302 g/mol. The molecule has 6 nitrogen and oxygen atoms in total. The monoisotopic (exact) mass is 325 g/mol. The highest BCUT2D eigenvalue weighted by molar-refractivity contribution is 6.04. The topological polar surface area (TPSA) is 73.9 Å². The minimum Gasteiger partial charge on any atom is -0.354 e. The van der Waals surface area contributed by atoms with Gasteiger partial charge in [0.05, 0.1) is 0 Å². The summed E-state index contributed by atoms with van der Waals surface area (Å²) in [6, 6.07) is 6.04. The SMILES string of the molecule is CC1CCCCN1c1cc(C(=O)Nc2cc(C3CC3)[nH]n2)ccn1. The Morgan fingerprint density at radius 2 is 2.17 bits per heavy atom. The Morgan fingerprint density at radius 3 is 2.96 bits per heavy atom. The van der Waals surface area contributed by atoms with Crippen LogP contribution in [0.15, 0.2) is 24.4 Å². The smallest absolute Gasteiger partial charge is 0.257 e. The van der Waals surface area contributed by atoms with Crippen molar-refractivity contribution in [2.75, 3.05) is 16.8 Å². The van der Waals surface area contributed by atoms with Crippen LogP contribution in [0.25, 0.3) is 0 Å². The van der Waals surface area contributed by atoms with Crippen LogP contribution in [0.5, 0.6) is 0 Å². The zero-order valence-corrected chi connectivity index (χ0v) is 14.0. The minimum absolute atomic E-state index is 0.142. The summed E-state index contributed by atoms with van der Waals surface area (Å²) in [5.74, 6) is 1.93. The van der Waals surface area contributed by atoms with E-state index in [1.165, 1.54) is 32.1 Å². The lowest BCUT2D eigenvalue weighted by molar-refractivity contribution is 0.102. The summed E-state index contributed by atoms with van der Waals surface area (Å²) in [5, 5.41) is 10.1. The van der Waals surface area contributed by atoms with Crippen molar-refractivity contribution < 1.29 is 4.79 Å². The number of aromatic nitrogens is 3. The molecule has 0 bridgehead atoms. The Kier molecular flexibility index (Phi) is 3.96. The lowest BCUT2D eigenvalue weighted by atomic mass is 10.0. The Hall–Kier alpha value is -2.37. The predicted molar refractivity (Wildman–Crippen MR) is 93.4 cm³/mol. The van der Waals surface area contributed by atoms with Crippen LogP contribution in [0.1, 0.15) is 61.0 Å². The zero-order chi connectivity index (χ0) is 16.5. The second-order valence-corrected chi connectivity index (χ2v) is 6.88. The largest absolute Gasteiger partial charge is 0.354 e. The minimum atomic E-state index is -0.142. The molecule has 2 fully saturated rings. The molecule has 2 aromatic rings. The van der Waals surface area contributed by atoms with E-state index in [-0.39, 0.29) is 5.91 Å². The summed E-state index contributed by atoms with van der Waals surface area (Å²) >= 11 is 0. The van der Waals surface area contributed by atoms with Crippen LogP contribution in [0, 0.1) is 0 Å². The fraction of sp³-hybridized carbons (Fsp3) is 0.500. The molecule has 1 saturated carbocycles. The van der Waals surface area contributed by atoms with Crippen LogP contribution >= 0.6 is 0 Å². The summed E-state index contributed by atoms with van der Waals surface area (Å²) in [5.41, 5.74) is 1.73. The Labute approximate surface area is 141 Å². The molecule has 4 rings (SSSR count). The van der Waals surface area contributed by atoms with Crippen LogP contribution in [-0.2, 0) is 0 Å². The van der Waals surface area contributed by atoms with Crippen LogP contribution in [0.4, 0.5) is 11.6 Å². The van der Waals surface area contributed by atoms with E-state index >= 15 is 0 Å². The van der Waals surface area contributed by atoms with Gasteiger partial charge >= 0.3 is 0 Å². The standard InChI is InChI=1S/C18H23N5O/c1-12-4-2-3-9-23(12)17-10-14(7-8-19-17)18(24)20-16-11-15(21-22-16)13-5-6-13/h7-8,10-13H,2-6,9H2,1H3,(H2,20,21,22,24). The zero-order valence-electron chi connectivity index (χ0n) is 14.0. The first-order valence-corrected chi connectivity index (χ1v) is 8.80. The maximum atomic E-state index is 12.5. The number of amides is 1. The molecule has 2 aromatic heterocycles. The molecule has 1 unspecified atom stereocenters. The fourth-order valence-electron chi connectivity index (χ4n) is 3.35. The molecule has 1 aliphatic carbocycles. The molecule has 1 saturated heterocycles. The average Bonchev–Trinajstić information content (AvgIpc) is 3.35. The third-order valence-electron chi connectivity index (χ3n) is 4.96. The normalized spacial score (nSPS) is 20.9. The van der Waals surface area contributed by atoms with E-state index in [0.717, 1.165) is 18.1 Å². The molecule has 1 amide bonds. The lowest BCUT2D eigenvalue weighted by Crippen LogP contribution is -2.38. The number of piperidine rings is 1. The molecule has 2 aliphatic rings. The van der Waals surface area contributed by atoms with Gasteiger partial charge in [0.15, 0.2) is 5.82 Å². The van der Waals surface area contributed by atoms with Gasteiger partial charge in [0.25, 0.3) is 5.91 Å².